The van der Waals surface area contributed by atoms with E-state index in [-0.39, 0.29) is 0 Å². The van der Waals surface area contributed by atoms with Gasteiger partial charge in [0.05, 0.1) is 0 Å². The SMILES string of the molecule is CN(C)c1ncc(CN[C@@H]2[C@@H](c3ccccc3)C2(C)C)cn1. The molecule has 0 radical (unpaired) electrons. The van der Waals surface area contributed by atoms with Crippen LogP contribution in [-0.2, 0) is 6.54 Å². The number of nitrogens with one attached hydrogen (secondary N) is 1. The third-order valence-electron chi connectivity index (χ3n) is 4.60. The van der Waals surface area contributed by atoms with Gasteiger partial charge in [-0.15, -0.1) is 0 Å². The van der Waals surface area contributed by atoms with Crippen molar-refractivity contribution in [1.29, 1.82) is 0 Å². The van der Waals surface area contributed by atoms with E-state index in [1.807, 2.05) is 31.4 Å². The molecule has 0 spiro atoms. The smallest absolute Gasteiger partial charge is 0.224 e. The average molecular weight is 296 g/mol. The first-order chi connectivity index (χ1) is 10.5. The highest BCUT2D eigenvalue weighted by Gasteiger charge is 2.57. The molecule has 1 aliphatic rings. The lowest BCUT2D eigenvalue weighted by Gasteiger charge is -2.10. The molecule has 4 heteroatoms. The van der Waals surface area contributed by atoms with Gasteiger partial charge in [0.25, 0.3) is 0 Å². The van der Waals surface area contributed by atoms with Crippen LogP contribution in [0, 0.1) is 5.41 Å². The van der Waals surface area contributed by atoms with E-state index in [0.29, 0.717) is 17.4 Å². The molecular formula is C18H24N4. The normalized spacial score (nSPS) is 22.4. The largest absolute Gasteiger partial charge is 0.347 e. The maximum Gasteiger partial charge on any atom is 0.224 e. The Morgan fingerprint density at radius 1 is 1.09 bits per heavy atom. The van der Waals surface area contributed by atoms with Crippen LogP contribution in [0.25, 0.3) is 0 Å². The molecule has 0 amide bonds. The summed E-state index contributed by atoms with van der Waals surface area (Å²) in [5.41, 5.74) is 2.84. The lowest BCUT2D eigenvalue weighted by atomic mass is 10.0. The quantitative estimate of drug-likeness (QED) is 0.921. The second kappa shape index (κ2) is 5.69. The maximum atomic E-state index is 4.36. The minimum atomic E-state index is 0.297. The van der Waals surface area contributed by atoms with Crippen LogP contribution in [0.2, 0.25) is 0 Å². The van der Waals surface area contributed by atoms with Crippen LogP contribution in [0.4, 0.5) is 5.95 Å². The molecule has 116 valence electrons. The summed E-state index contributed by atoms with van der Waals surface area (Å²) in [6, 6.07) is 11.3. The van der Waals surface area contributed by atoms with E-state index in [0.717, 1.165) is 18.1 Å². The summed E-state index contributed by atoms with van der Waals surface area (Å²) in [7, 11) is 3.90. The second-order valence-corrected chi connectivity index (χ2v) is 6.85. The van der Waals surface area contributed by atoms with Crippen molar-refractivity contribution in [3.05, 3.63) is 53.9 Å². The molecule has 1 aromatic carbocycles. The Morgan fingerprint density at radius 2 is 1.73 bits per heavy atom. The topological polar surface area (TPSA) is 41.1 Å². The number of aromatic nitrogens is 2. The first kappa shape index (κ1) is 15.0. The second-order valence-electron chi connectivity index (χ2n) is 6.85. The predicted octanol–water partition coefficient (Wildman–Crippen LogP) is 2.82. The Balaban J connectivity index is 1.62. The minimum absolute atomic E-state index is 0.297. The van der Waals surface area contributed by atoms with Crippen molar-refractivity contribution in [1.82, 2.24) is 15.3 Å². The van der Waals surface area contributed by atoms with Gasteiger partial charge in [0.2, 0.25) is 5.95 Å². The van der Waals surface area contributed by atoms with Crippen LogP contribution in [0.1, 0.15) is 30.9 Å². The number of rotatable bonds is 5. The van der Waals surface area contributed by atoms with Crippen molar-refractivity contribution in [2.75, 3.05) is 19.0 Å². The molecule has 1 aliphatic carbocycles. The molecule has 1 fully saturated rings. The molecule has 2 aromatic rings. The van der Waals surface area contributed by atoms with E-state index in [4.69, 9.17) is 0 Å². The Hall–Kier alpha value is -1.94. The molecule has 0 aliphatic heterocycles. The summed E-state index contributed by atoms with van der Waals surface area (Å²) < 4.78 is 0. The zero-order valence-corrected chi connectivity index (χ0v) is 13.7. The van der Waals surface area contributed by atoms with E-state index < -0.39 is 0 Å². The molecule has 0 unspecified atom stereocenters. The van der Waals surface area contributed by atoms with Gasteiger partial charge in [0.15, 0.2) is 0 Å². The molecule has 0 saturated heterocycles. The highest BCUT2D eigenvalue weighted by atomic mass is 15.2. The van der Waals surface area contributed by atoms with Crippen molar-refractivity contribution >= 4 is 5.95 Å². The van der Waals surface area contributed by atoms with Gasteiger partial charge in [-0.2, -0.15) is 0 Å². The predicted molar refractivity (Wildman–Crippen MR) is 90.0 cm³/mol. The van der Waals surface area contributed by atoms with Gasteiger partial charge in [-0.1, -0.05) is 44.2 Å². The van der Waals surface area contributed by atoms with E-state index in [2.05, 4.69) is 59.5 Å². The van der Waals surface area contributed by atoms with Crippen molar-refractivity contribution in [3.8, 4) is 0 Å². The van der Waals surface area contributed by atoms with Gasteiger partial charge < -0.3 is 10.2 Å². The Bertz CT molecular complexity index is 619. The van der Waals surface area contributed by atoms with E-state index in [1.54, 1.807) is 0 Å². The van der Waals surface area contributed by atoms with E-state index in [9.17, 15) is 0 Å². The number of hydrogen-bond donors (Lipinski definition) is 1. The summed E-state index contributed by atoms with van der Waals surface area (Å²) in [4.78, 5) is 10.6. The van der Waals surface area contributed by atoms with Crippen molar-refractivity contribution in [3.63, 3.8) is 0 Å². The standard InChI is InChI=1S/C18H24N4/c1-18(2)15(14-8-6-5-7-9-14)16(18)19-10-13-11-20-17(21-12-13)22(3)4/h5-9,11-12,15-16,19H,10H2,1-4H3/t15-,16-/m1/s1. The summed E-state index contributed by atoms with van der Waals surface area (Å²) in [6.07, 6.45) is 3.81. The fourth-order valence-corrected chi connectivity index (χ4v) is 3.20. The molecule has 22 heavy (non-hydrogen) atoms. The van der Waals surface area contributed by atoms with Crippen LogP contribution < -0.4 is 10.2 Å². The number of hydrogen-bond acceptors (Lipinski definition) is 4. The molecule has 1 heterocycles. The Kier molecular flexibility index (Phi) is 3.87. The van der Waals surface area contributed by atoms with Crippen molar-refractivity contribution in [2.24, 2.45) is 5.41 Å². The van der Waals surface area contributed by atoms with Crippen LogP contribution >= 0.6 is 0 Å². The lowest BCUT2D eigenvalue weighted by molar-refractivity contribution is 0.538. The molecule has 1 saturated carbocycles. The van der Waals surface area contributed by atoms with Gasteiger partial charge in [0.1, 0.15) is 0 Å². The van der Waals surface area contributed by atoms with Gasteiger partial charge in [-0.25, -0.2) is 9.97 Å². The zero-order valence-electron chi connectivity index (χ0n) is 13.7. The van der Waals surface area contributed by atoms with Crippen LogP contribution in [-0.4, -0.2) is 30.1 Å². The lowest BCUT2D eigenvalue weighted by Crippen LogP contribution is -2.21. The molecule has 4 nitrogen and oxygen atoms in total. The maximum absolute atomic E-state index is 4.36. The molecule has 1 aromatic heterocycles. The number of benzene rings is 1. The summed E-state index contributed by atoms with van der Waals surface area (Å²) in [5, 5.41) is 3.67. The van der Waals surface area contributed by atoms with Crippen LogP contribution in [0.3, 0.4) is 0 Å². The summed E-state index contributed by atoms with van der Waals surface area (Å²) in [5.74, 6) is 1.33. The highest BCUT2D eigenvalue weighted by Crippen LogP contribution is 2.58. The third kappa shape index (κ3) is 2.83. The molecule has 1 N–H and O–H groups in total. The zero-order chi connectivity index (χ0) is 15.7. The number of anilines is 1. The van der Waals surface area contributed by atoms with Gasteiger partial charge in [-0.3, -0.25) is 0 Å². The van der Waals surface area contributed by atoms with E-state index >= 15 is 0 Å². The summed E-state index contributed by atoms with van der Waals surface area (Å²) >= 11 is 0. The monoisotopic (exact) mass is 296 g/mol. The first-order valence-electron chi connectivity index (χ1n) is 7.76. The van der Waals surface area contributed by atoms with Gasteiger partial charge >= 0.3 is 0 Å². The van der Waals surface area contributed by atoms with E-state index in [1.165, 1.54) is 5.56 Å². The minimum Gasteiger partial charge on any atom is -0.347 e. The third-order valence-corrected chi connectivity index (χ3v) is 4.60. The van der Waals surface area contributed by atoms with Crippen molar-refractivity contribution < 1.29 is 0 Å². The van der Waals surface area contributed by atoms with Crippen LogP contribution in [0.5, 0.6) is 0 Å². The van der Waals surface area contributed by atoms with Crippen molar-refractivity contribution in [2.45, 2.75) is 32.4 Å². The Labute approximate surface area is 132 Å². The van der Waals surface area contributed by atoms with Gasteiger partial charge in [0, 0.05) is 50.6 Å². The number of nitrogens with zero attached hydrogens (tertiary/aromatic N) is 3. The van der Waals surface area contributed by atoms with Crippen LogP contribution in [0.15, 0.2) is 42.7 Å². The molecular weight excluding hydrogens is 272 g/mol. The fourth-order valence-electron chi connectivity index (χ4n) is 3.20. The Morgan fingerprint density at radius 3 is 2.32 bits per heavy atom. The molecule has 2 atom stereocenters. The fraction of sp³-hybridized carbons (Fsp3) is 0.444. The highest BCUT2D eigenvalue weighted by molar-refractivity contribution is 5.34. The average Bonchev–Trinajstić information content (AvgIpc) is 3.07. The first-order valence-corrected chi connectivity index (χ1v) is 7.76. The summed E-state index contributed by atoms with van der Waals surface area (Å²) in [6.45, 7) is 5.47. The molecule has 0 bridgehead atoms. The van der Waals surface area contributed by atoms with Gasteiger partial charge in [-0.05, 0) is 11.0 Å². The molecule has 3 rings (SSSR count).